The van der Waals surface area contributed by atoms with E-state index in [0.29, 0.717) is 22.9 Å². The van der Waals surface area contributed by atoms with Crippen LogP contribution in [0, 0.1) is 3.57 Å². The first-order valence-corrected chi connectivity index (χ1v) is 11.5. The molecule has 154 valence electrons. The smallest absolute Gasteiger partial charge is 0.232 e. The number of amides is 1. The number of hydrogen-bond donors (Lipinski definition) is 1. The lowest BCUT2D eigenvalue weighted by Gasteiger charge is -2.23. The number of carbonyl (C=O) groups is 1. The number of rotatable bonds is 3. The highest BCUT2D eigenvalue weighted by Crippen LogP contribution is 2.51. The first-order chi connectivity index (χ1) is 15.1. The van der Waals surface area contributed by atoms with Crippen molar-refractivity contribution in [1.82, 2.24) is 0 Å². The molecule has 3 aromatic rings. The fourth-order valence-electron chi connectivity index (χ4n) is 4.87. The lowest BCUT2D eigenvalue weighted by molar-refractivity contribution is -0.117. The van der Waals surface area contributed by atoms with Gasteiger partial charge >= 0.3 is 0 Å². The zero-order chi connectivity index (χ0) is 21.1. The number of benzene rings is 3. The Morgan fingerprint density at radius 2 is 1.81 bits per heavy atom. The molecule has 4 nitrogen and oxygen atoms in total. The molecule has 2 aliphatic heterocycles. The topological polar surface area (TPSA) is 47.6 Å². The predicted octanol–water partition coefficient (Wildman–Crippen LogP) is 6.13. The van der Waals surface area contributed by atoms with E-state index in [2.05, 4.69) is 52.2 Å². The minimum absolute atomic E-state index is 0.0430. The van der Waals surface area contributed by atoms with Crippen LogP contribution in [-0.2, 0) is 11.2 Å². The van der Waals surface area contributed by atoms with E-state index in [0.717, 1.165) is 25.9 Å². The molecule has 3 aliphatic rings. The summed E-state index contributed by atoms with van der Waals surface area (Å²) in [5, 5.41) is 3.72. The Morgan fingerprint density at radius 3 is 2.68 bits per heavy atom. The average molecular weight is 542 g/mol. The number of halogens is 2. The summed E-state index contributed by atoms with van der Waals surface area (Å²) in [6.45, 7) is 0.212. The van der Waals surface area contributed by atoms with Gasteiger partial charge < -0.3 is 14.8 Å². The Hall–Kier alpha value is -2.51. The van der Waals surface area contributed by atoms with Gasteiger partial charge in [0.2, 0.25) is 12.7 Å². The maximum atomic E-state index is 13.2. The fourth-order valence-corrected chi connectivity index (χ4v) is 5.61. The van der Waals surface area contributed by atoms with E-state index in [1.807, 2.05) is 36.4 Å². The standard InChI is InChI=1S/C25H17ClINO3/c26-19-11-22-21(30-12-31-22)9-14(19)8-15-7-13-3-1-2-4-17(13)23(15)24-18-10-16(27)5-6-20(18)28-25(24)29/h1-7,9-11,23-24H,8,12H2,(H,28,29). The van der Waals surface area contributed by atoms with Crippen LogP contribution in [0.3, 0.4) is 0 Å². The van der Waals surface area contributed by atoms with Crippen LogP contribution in [0.1, 0.15) is 34.1 Å². The number of ether oxygens (including phenoxy) is 2. The molecule has 6 rings (SSSR count). The van der Waals surface area contributed by atoms with Gasteiger partial charge in [-0.1, -0.05) is 47.5 Å². The average Bonchev–Trinajstić information content (AvgIpc) is 3.43. The van der Waals surface area contributed by atoms with Gasteiger partial charge in [-0.25, -0.2) is 0 Å². The maximum absolute atomic E-state index is 13.2. The molecule has 0 radical (unpaired) electrons. The van der Waals surface area contributed by atoms with E-state index in [1.54, 1.807) is 0 Å². The molecule has 2 unspecified atom stereocenters. The van der Waals surface area contributed by atoms with Crippen molar-refractivity contribution in [1.29, 1.82) is 0 Å². The number of hydrogen-bond acceptors (Lipinski definition) is 3. The molecule has 1 amide bonds. The molecule has 0 spiro atoms. The molecule has 0 bridgehead atoms. The van der Waals surface area contributed by atoms with Gasteiger partial charge in [0, 0.05) is 26.3 Å². The van der Waals surface area contributed by atoms with Gasteiger partial charge in [-0.05, 0) is 75.5 Å². The van der Waals surface area contributed by atoms with E-state index in [4.69, 9.17) is 21.1 Å². The summed E-state index contributed by atoms with van der Waals surface area (Å²) >= 11 is 8.89. The van der Waals surface area contributed by atoms with Crippen molar-refractivity contribution in [3.63, 3.8) is 0 Å². The van der Waals surface area contributed by atoms with Crippen LogP contribution >= 0.6 is 34.2 Å². The molecular formula is C25H17ClINO3. The van der Waals surface area contributed by atoms with Gasteiger partial charge in [-0.15, -0.1) is 0 Å². The molecule has 0 fully saturated rings. The van der Waals surface area contributed by atoms with Crippen LogP contribution in [0.5, 0.6) is 11.5 Å². The molecule has 2 atom stereocenters. The molecule has 0 aromatic heterocycles. The van der Waals surface area contributed by atoms with Crippen molar-refractivity contribution in [3.05, 3.63) is 91.0 Å². The molecule has 3 aromatic carbocycles. The van der Waals surface area contributed by atoms with E-state index >= 15 is 0 Å². The number of allylic oxidation sites excluding steroid dienone is 1. The number of anilines is 1. The Morgan fingerprint density at radius 1 is 1.00 bits per heavy atom. The van der Waals surface area contributed by atoms with Crippen LogP contribution in [0.15, 0.2) is 60.2 Å². The minimum Gasteiger partial charge on any atom is -0.454 e. The number of nitrogens with one attached hydrogen (secondary N) is 1. The maximum Gasteiger partial charge on any atom is 0.232 e. The van der Waals surface area contributed by atoms with E-state index < -0.39 is 0 Å². The van der Waals surface area contributed by atoms with Crippen LogP contribution in [0.4, 0.5) is 5.69 Å². The summed E-state index contributed by atoms with van der Waals surface area (Å²) in [7, 11) is 0. The molecule has 1 aliphatic carbocycles. The number of fused-ring (bicyclic) bond motifs is 3. The molecule has 2 heterocycles. The Bertz CT molecular complexity index is 1290. The Kier molecular flexibility index (Phi) is 4.51. The summed E-state index contributed by atoms with van der Waals surface area (Å²) in [5.74, 6) is 1.11. The lowest BCUT2D eigenvalue weighted by atomic mass is 9.78. The van der Waals surface area contributed by atoms with Gasteiger partial charge in [0.15, 0.2) is 11.5 Å². The largest absolute Gasteiger partial charge is 0.454 e. The SMILES string of the molecule is O=C1Nc2ccc(I)cc2C1C1C(Cc2cc3c(cc2Cl)OCO3)=Cc2ccccc21. The lowest BCUT2D eigenvalue weighted by Crippen LogP contribution is -2.20. The van der Waals surface area contributed by atoms with Crippen molar-refractivity contribution >= 4 is 51.9 Å². The Balaban J connectivity index is 1.44. The predicted molar refractivity (Wildman–Crippen MR) is 129 cm³/mol. The van der Waals surface area contributed by atoms with Gasteiger partial charge in [0.1, 0.15) is 0 Å². The van der Waals surface area contributed by atoms with Crippen LogP contribution in [0.2, 0.25) is 5.02 Å². The van der Waals surface area contributed by atoms with Gasteiger partial charge in [-0.2, -0.15) is 0 Å². The third-order valence-corrected chi connectivity index (χ3v) is 7.25. The summed E-state index contributed by atoms with van der Waals surface area (Å²) in [4.78, 5) is 13.2. The highest BCUT2D eigenvalue weighted by Gasteiger charge is 2.42. The second-order valence-corrected chi connectivity index (χ2v) is 9.65. The third kappa shape index (κ3) is 3.13. The van der Waals surface area contributed by atoms with Crippen molar-refractivity contribution in [2.45, 2.75) is 18.3 Å². The third-order valence-electron chi connectivity index (χ3n) is 6.23. The first-order valence-electron chi connectivity index (χ1n) is 10.1. The Labute approximate surface area is 198 Å². The van der Waals surface area contributed by atoms with Gasteiger partial charge in [-0.3, -0.25) is 4.79 Å². The van der Waals surface area contributed by atoms with Crippen molar-refractivity contribution in [3.8, 4) is 11.5 Å². The first kappa shape index (κ1) is 19.2. The molecule has 0 saturated carbocycles. The second kappa shape index (κ2) is 7.28. The zero-order valence-electron chi connectivity index (χ0n) is 16.3. The van der Waals surface area contributed by atoms with Crippen LogP contribution in [-0.4, -0.2) is 12.7 Å². The van der Waals surface area contributed by atoms with Gasteiger partial charge in [0.05, 0.1) is 5.92 Å². The van der Waals surface area contributed by atoms with E-state index in [1.165, 1.54) is 11.1 Å². The summed E-state index contributed by atoms with van der Waals surface area (Å²) in [6.07, 6.45) is 2.85. The molecule has 6 heteroatoms. The monoisotopic (exact) mass is 541 g/mol. The van der Waals surface area contributed by atoms with E-state index in [9.17, 15) is 4.79 Å². The molecule has 0 saturated heterocycles. The van der Waals surface area contributed by atoms with E-state index in [-0.39, 0.29) is 24.5 Å². The van der Waals surface area contributed by atoms with Crippen LogP contribution < -0.4 is 14.8 Å². The molecule has 31 heavy (non-hydrogen) atoms. The van der Waals surface area contributed by atoms with Crippen molar-refractivity contribution in [2.75, 3.05) is 12.1 Å². The van der Waals surface area contributed by atoms with Gasteiger partial charge in [0.25, 0.3) is 0 Å². The zero-order valence-corrected chi connectivity index (χ0v) is 19.2. The molecule has 1 N–H and O–H groups in total. The number of carbonyl (C=O) groups excluding carboxylic acids is 1. The summed E-state index contributed by atoms with van der Waals surface area (Å²) < 4.78 is 12.1. The summed E-state index contributed by atoms with van der Waals surface area (Å²) in [5.41, 5.74) is 6.44. The fraction of sp³-hybridized carbons (Fsp3) is 0.160. The quantitative estimate of drug-likeness (QED) is 0.406. The molecular weight excluding hydrogens is 525 g/mol. The highest BCUT2D eigenvalue weighted by molar-refractivity contribution is 14.1. The highest BCUT2D eigenvalue weighted by atomic mass is 127. The summed E-state index contributed by atoms with van der Waals surface area (Å²) in [6, 6.07) is 18.2. The second-order valence-electron chi connectivity index (χ2n) is 8.00. The van der Waals surface area contributed by atoms with Crippen molar-refractivity contribution in [2.24, 2.45) is 0 Å². The minimum atomic E-state index is -0.271. The van der Waals surface area contributed by atoms with Crippen LogP contribution in [0.25, 0.3) is 6.08 Å². The van der Waals surface area contributed by atoms with Crippen molar-refractivity contribution < 1.29 is 14.3 Å². The normalized spacial score (nSPS) is 20.3.